The number of nitrogens with two attached hydrogens (primary N) is 1. The first-order valence-corrected chi connectivity index (χ1v) is 5.12. The van der Waals surface area contributed by atoms with Gasteiger partial charge in [-0.3, -0.25) is 4.98 Å². The van der Waals surface area contributed by atoms with Crippen LogP contribution in [-0.4, -0.2) is 39.4 Å². The molecule has 18 heavy (non-hydrogen) atoms. The van der Waals surface area contributed by atoms with Crippen molar-refractivity contribution >= 4 is 7.32 Å². The molecule has 0 bridgehead atoms. The molecule has 1 unspecified atom stereocenters. The highest BCUT2D eigenvalue weighted by Crippen LogP contribution is 2.30. The molecule has 0 aliphatic heterocycles. The lowest BCUT2D eigenvalue weighted by Gasteiger charge is -2.18. The molecule has 1 aromatic rings. The Morgan fingerprint density at radius 1 is 1.56 bits per heavy atom. The summed E-state index contributed by atoms with van der Waals surface area (Å²) in [5.74, 6) is -0.325. The molecule has 6 N–H and O–H groups in total. The van der Waals surface area contributed by atoms with Crippen LogP contribution in [0.4, 0.5) is 0 Å². The van der Waals surface area contributed by atoms with Crippen LogP contribution in [-0.2, 0) is 15.9 Å². The van der Waals surface area contributed by atoms with Crippen LogP contribution in [0.15, 0.2) is 6.20 Å². The zero-order valence-corrected chi connectivity index (χ0v) is 9.78. The van der Waals surface area contributed by atoms with Crippen molar-refractivity contribution < 1.29 is 29.7 Å². The van der Waals surface area contributed by atoms with Gasteiger partial charge in [-0.1, -0.05) is 0 Å². The Labute approximate surface area is 104 Å². The van der Waals surface area contributed by atoms with Crippen LogP contribution in [0.25, 0.3) is 0 Å². The number of pyridine rings is 1. The standard InChI is InChI=1S/C9H15BN2O6/c1-5-8(14)7(6(3-13)2-12-5)9(15)18-10(16)17-4-11/h2,9,13-16H,3-4,11H2,1H3. The molecule has 1 rings (SSSR count). The third-order valence-electron chi connectivity index (χ3n) is 2.26. The molecule has 8 nitrogen and oxygen atoms in total. The maximum atomic E-state index is 9.76. The number of nitrogens with zero attached hydrogens (tertiary/aromatic N) is 1. The van der Waals surface area contributed by atoms with Gasteiger partial charge in [-0.2, -0.15) is 0 Å². The number of aliphatic hydroxyl groups excluding tert-OH is 2. The predicted octanol–water partition coefficient (Wildman–Crippen LogP) is -1.49. The Bertz CT molecular complexity index is 405. The summed E-state index contributed by atoms with van der Waals surface area (Å²) < 4.78 is 9.13. The zero-order valence-electron chi connectivity index (χ0n) is 9.78. The molecule has 1 atom stereocenters. The van der Waals surface area contributed by atoms with Crippen molar-refractivity contribution in [2.45, 2.75) is 19.8 Å². The fourth-order valence-corrected chi connectivity index (χ4v) is 1.35. The van der Waals surface area contributed by atoms with Gasteiger partial charge >= 0.3 is 7.32 Å². The Kier molecular flexibility index (Phi) is 5.47. The molecule has 0 aliphatic carbocycles. The van der Waals surface area contributed by atoms with Gasteiger partial charge < -0.3 is 35.4 Å². The number of hydrogen-bond acceptors (Lipinski definition) is 8. The molecule has 0 aromatic carbocycles. The van der Waals surface area contributed by atoms with Gasteiger partial charge in [-0.15, -0.1) is 0 Å². The van der Waals surface area contributed by atoms with Crippen molar-refractivity contribution in [2.24, 2.45) is 5.73 Å². The van der Waals surface area contributed by atoms with Gasteiger partial charge in [-0.25, -0.2) is 0 Å². The van der Waals surface area contributed by atoms with Crippen LogP contribution in [0.1, 0.15) is 23.1 Å². The molecule has 1 aromatic heterocycles. The molecular weight excluding hydrogens is 243 g/mol. The van der Waals surface area contributed by atoms with Crippen LogP contribution >= 0.6 is 0 Å². The summed E-state index contributed by atoms with van der Waals surface area (Å²) in [6.45, 7) is 0.756. The van der Waals surface area contributed by atoms with E-state index in [1.165, 1.54) is 13.1 Å². The largest absolute Gasteiger partial charge is 0.639 e. The highest BCUT2D eigenvalue weighted by atomic mass is 16.7. The van der Waals surface area contributed by atoms with Gasteiger partial charge in [0.25, 0.3) is 0 Å². The third kappa shape index (κ3) is 3.39. The van der Waals surface area contributed by atoms with Gasteiger partial charge in [0.05, 0.1) is 24.6 Å². The maximum Gasteiger partial charge on any atom is 0.639 e. The fourth-order valence-electron chi connectivity index (χ4n) is 1.35. The van der Waals surface area contributed by atoms with E-state index in [4.69, 9.17) is 15.9 Å². The van der Waals surface area contributed by atoms with Crippen LogP contribution in [0.2, 0.25) is 0 Å². The molecule has 0 amide bonds. The van der Waals surface area contributed by atoms with E-state index in [1.807, 2.05) is 0 Å². The second kappa shape index (κ2) is 6.64. The molecule has 0 spiro atoms. The molecular formula is C9H15BN2O6. The van der Waals surface area contributed by atoms with E-state index in [2.05, 4.69) is 14.3 Å². The molecule has 9 heteroatoms. The van der Waals surface area contributed by atoms with Gasteiger partial charge in [0.2, 0.25) is 0 Å². The predicted molar refractivity (Wildman–Crippen MR) is 60.7 cm³/mol. The van der Waals surface area contributed by atoms with Crippen molar-refractivity contribution in [1.29, 1.82) is 0 Å². The number of aromatic hydroxyl groups is 1. The van der Waals surface area contributed by atoms with E-state index in [-0.39, 0.29) is 29.3 Å². The Morgan fingerprint density at radius 3 is 2.78 bits per heavy atom. The molecule has 1 heterocycles. The minimum Gasteiger partial charge on any atom is -0.506 e. The summed E-state index contributed by atoms with van der Waals surface area (Å²) in [6.07, 6.45) is -0.400. The summed E-state index contributed by atoms with van der Waals surface area (Å²) in [5, 5.41) is 37.7. The molecule has 0 fully saturated rings. The monoisotopic (exact) mass is 258 g/mol. The van der Waals surface area contributed by atoms with Gasteiger partial charge in [0, 0.05) is 11.8 Å². The minimum absolute atomic E-state index is 0.0790. The number of aliphatic hydroxyl groups is 2. The number of rotatable bonds is 6. The highest BCUT2D eigenvalue weighted by Gasteiger charge is 2.26. The lowest BCUT2D eigenvalue weighted by molar-refractivity contribution is -0.0595. The first-order chi connectivity index (χ1) is 8.51. The zero-order chi connectivity index (χ0) is 13.7. The summed E-state index contributed by atoms with van der Waals surface area (Å²) >= 11 is 0. The summed E-state index contributed by atoms with van der Waals surface area (Å²) in [4.78, 5) is 3.82. The van der Waals surface area contributed by atoms with E-state index in [0.29, 0.717) is 0 Å². The summed E-state index contributed by atoms with van der Waals surface area (Å²) in [7, 11) is -1.75. The second-order valence-electron chi connectivity index (χ2n) is 3.42. The topological polar surface area (TPSA) is 138 Å². The Hall–Kier alpha value is -1.23. The van der Waals surface area contributed by atoms with E-state index in [9.17, 15) is 10.2 Å². The highest BCUT2D eigenvalue weighted by molar-refractivity contribution is 6.34. The van der Waals surface area contributed by atoms with Crippen molar-refractivity contribution in [3.8, 4) is 5.75 Å². The second-order valence-corrected chi connectivity index (χ2v) is 3.42. The maximum absolute atomic E-state index is 9.76. The first kappa shape index (κ1) is 14.8. The number of aromatic nitrogens is 1. The lowest BCUT2D eigenvalue weighted by atomic mass is 10.1. The lowest BCUT2D eigenvalue weighted by Crippen LogP contribution is -2.28. The molecule has 0 aliphatic rings. The van der Waals surface area contributed by atoms with E-state index in [1.54, 1.807) is 0 Å². The number of aryl methyl sites for hydroxylation is 1. The molecule has 100 valence electrons. The van der Waals surface area contributed by atoms with Gasteiger partial charge in [-0.05, 0) is 6.92 Å². The van der Waals surface area contributed by atoms with Crippen molar-refractivity contribution in [2.75, 3.05) is 6.73 Å². The normalized spacial score (nSPS) is 12.5. The van der Waals surface area contributed by atoms with E-state index in [0.717, 1.165) is 0 Å². The van der Waals surface area contributed by atoms with Crippen LogP contribution in [0.3, 0.4) is 0 Å². The van der Waals surface area contributed by atoms with Crippen LogP contribution in [0.5, 0.6) is 5.75 Å². The molecule has 0 saturated heterocycles. The van der Waals surface area contributed by atoms with E-state index >= 15 is 0 Å². The smallest absolute Gasteiger partial charge is 0.506 e. The third-order valence-corrected chi connectivity index (χ3v) is 2.26. The SMILES string of the molecule is Cc1ncc(CO)c(C(O)OB(O)OCN)c1O. The molecule has 0 radical (unpaired) electrons. The minimum atomic E-state index is -1.75. The number of hydrogen-bond donors (Lipinski definition) is 5. The summed E-state index contributed by atoms with van der Waals surface area (Å²) in [5.41, 5.74) is 5.35. The van der Waals surface area contributed by atoms with Gasteiger partial charge in [0.15, 0.2) is 6.29 Å². The molecule has 0 saturated carbocycles. The van der Waals surface area contributed by atoms with Crippen molar-refractivity contribution in [3.05, 3.63) is 23.0 Å². The Balaban J connectivity index is 2.96. The van der Waals surface area contributed by atoms with Crippen molar-refractivity contribution in [3.63, 3.8) is 0 Å². The average molecular weight is 258 g/mol. The van der Waals surface area contributed by atoms with Crippen LogP contribution in [0, 0.1) is 6.92 Å². The van der Waals surface area contributed by atoms with E-state index < -0.39 is 20.2 Å². The summed E-state index contributed by atoms with van der Waals surface area (Å²) in [6, 6.07) is 0. The van der Waals surface area contributed by atoms with Crippen molar-refractivity contribution in [1.82, 2.24) is 4.98 Å². The Morgan fingerprint density at radius 2 is 2.22 bits per heavy atom. The first-order valence-electron chi connectivity index (χ1n) is 5.12. The quantitative estimate of drug-likeness (QED) is 0.307. The van der Waals surface area contributed by atoms with Crippen LogP contribution < -0.4 is 5.73 Å². The fraction of sp³-hybridized carbons (Fsp3) is 0.444. The average Bonchev–Trinajstić information content (AvgIpc) is 2.32. The van der Waals surface area contributed by atoms with Gasteiger partial charge in [0.1, 0.15) is 5.75 Å².